The van der Waals surface area contributed by atoms with E-state index in [0.29, 0.717) is 21.9 Å². The van der Waals surface area contributed by atoms with Crippen molar-refractivity contribution in [2.45, 2.75) is 27.7 Å². The summed E-state index contributed by atoms with van der Waals surface area (Å²) < 4.78 is 15.2. The second kappa shape index (κ2) is 11.7. The van der Waals surface area contributed by atoms with Crippen molar-refractivity contribution in [3.05, 3.63) is 51.4 Å². The van der Waals surface area contributed by atoms with Gasteiger partial charge >= 0.3 is 11.9 Å². The van der Waals surface area contributed by atoms with Gasteiger partial charge in [0.15, 0.2) is 6.61 Å². The number of carbonyl (C=O) groups is 3. The molecule has 32 heavy (non-hydrogen) atoms. The van der Waals surface area contributed by atoms with Crippen LogP contribution in [0.25, 0.3) is 6.08 Å². The number of benzene rings is 1. The Bertz CT molecular complexity index is 1060. The summed E-state index contributed by atoms with van der Waals surface area (Å²) in [5.74, 6) is -1.18. The van der Waals surface area contributed by atoms with Gasteiger partial charge in [-0.15, -0.1) is 11.3 Å². The molecule has 168 valence electrons. The molecule has 1 amide bonds. The Morgan fingerprint density at radius 1 is 1.09 bits per heavy atom. The highest BCUT2D eigenvalue weighted by molar-refractivity contribution is 7.16. The van der Waals surface area contributed by atoms with Crippen LogP contribution in [0, 0.1) is 25.2 Å². The first-order valence-corrected chi connectivity index (χ1v) is 10.7. The van der Waals surface area contributed by atoms with Gasteiger partial charge < -0.3 is 19.5 Å². The number of ether oxygens (including phenoxy) is 3. The maximum Gasteiger partial charge on any atom is 0.344 e. The van der Waals surface area contributed by atoms with Crippen molar-refractivity contribution in [2.75, 3.05) is 25.1 Å². The molecule has 9 heteroatoms. The molecule has 0 fully saturated rings. The SMILES string of the molecule is CCOC(=O)COc1ccc(/C=C(\C#N)C(=O)Nc2sc(C)c(C)c2C(=O)OCC)cc1. The first-order valence-electron chi connectivity index (χ1n) is 9.89. The smallest absolute Gasteiger partial charge is 0.344 e. The number of hydrogen-bond acceptors (Lipinski definition) is 8. The molecule has 0 saturated heterocycles. The standard InChI is InChI=1S/C23H24N2O6S/c1-5-29-19(26)13-31-18-9-7-16(8-10-18)11-17(12-24)21(27)25-22-20(23(28)30-6-2)14(3)15(4)32-22/h7-11H,5-6,13H2,1-4H3,(H,25,27)/b17-11+. The van der Waals surface area contributed by atoms with Crippen LogP contribution in [0.3, 0.4) is 0 Å². The van der Waals surface area contributed by atoms with Gasteiger partial charge in [-0.3, -0.25) is 4.79 Å². The van der Waals surface area contributed by atoms with Crippen molar-refractivity contribution in [1.29, 1.82) is 5.26 Å². The minimum atomic E-state index is -0.637. The van der Waals surface area contributed by atoms with Gasteiger partial charge in [0.25, 0.3) is 5.91 Å². The third-order valence-corrected chi connectivity index (χ3v) is 5.43. The second-order valence-corrected chi connectivity index (χ2v) is 7.72. The first kappa shape index (κ1) is 24.6. The lowest BCUT2D eigenvalue weighted by Crippen LogP contribution is -2.16. The van der Waals surface area contributed by atoms with E-state index in [-0.39, 0.29) is 25.4 Å². The fraction of sp³-hybridized carbons (Fsp3) is 0.304. The minimum Gasteiger partial charge on any atom is -0.482 e. The number of rotatable bonds is 9. The normalized spacial score (nSPS) is 10.8. The molecule has 0 spiro atoms. The van der Waals surface area contributed by atoms with Crippen LogP contribution in [0.1, 0.15) is 40.2 Å². The van der Waals surface area contributed by atoms with E-state index in [1.807, 2.05) is 13.0 Å². The summed E-state index contributed by atoms with van der Waals surface area (Å²) in [6.07, 6.45) is 1.42. The van der Waals surface area contributed by atoms with Crippen molar-refractivity contribution in [3.8, 4) is 11.8 Å². The molecule has 0 aliphatic heterocycles. The molecule has 1 aromatic carbocycles. The molecule has 1 aromatic heterocycles. The van der Waals surface area contributed by atoms with Crippen LogP contribution in [-0.4, -0.2) is 37.7 Å². The Morgan fingerprint density at radius 2 is 1.75 bits per heavy atom. The minimum absolute atomic E-state index is 0.135. The number of nitrogens with one attached hydrogen (secondary N) is 1. The van der Waals surface area contributed by atoms with E-state index in [0.717, 1.165) is 10.4 Å². The number of aryl methyl sites for hydroxylation is 1. The molecular formula is C23H24N2O6S. The number of nitrogens with zero attached hydrogens (tertiary/aromatic N) is 1. The Hall–Kier alpha value is -3.64. The highest BCUT2D eigenvalue weighted by Gasteiger charge is 2.23. The first-order chi connectivity index (χ1) is 15.3. The number of thiophene rings is 1. The molecule has 0 aliphatic carbocycles. The van der Waals surface area contributed by atoms with E-state index in [1.165, 1.54) is 17.4 Å². The fourth-order valence-electron chi connectivity index (χ4n) is 2.65. The van der Waals surface area contributed by atoms with Crippen LogP contribution >= 0.6 is 11.3 Å². The molecule has 2 aromatic rings. The monoisotopic (exact) mass is 456 g/mol. The molecule has 8 nitrogen and oxygen atoms in total. The van der Waals surface area contributed by atoms with Gasteiger partial charge in [0, 0.05) is 4.88 Å². The molecule has 0 atom stereocenters. The largest absolute Gasteiger partial charge is 0.482 e. The van der Waals surface area contributed by atoms with Crippen LogP contribution < -0.4 is 10.1 Å². The topological polar surface area (TPSA) is 115 Å². The summed E-state index contributed by atoms with van der Waals surface area (Å²) in [6.45, 7) is 7.30. The molecule has 0 aliphatic rings. The van der Waals surface area contributed by atoms with Crippen LogP contribution in [0.2, 0.25) is 0 Å². The van der Waals surface area contributed by atoms with Crippen LogP contribution in [0.5, 0.6) is 5.75 Å². The highest BCUT2D eigenvalue weighted by atomic mass is 32.1. The number of amides is 1. The lowest BCUT2D eigenvalue weighted by Gasteiger charge is -2.07. The van der Waals surface area contributed by atoms with E-state index in [1.54, 1.807) is 45.0 Å². The third-order valence-electron chi connectivity index (χ3n) is 4.31. The predicted molar refractivity (Wildman–Crippen MR) is 121 cm³/mol. The summed E-state index contributed by atoms with van der Waals surface area (Å²) in [7, 11) is 0. The van der Waals surface area contributed by atoms with Gasteiger partial charge in [-0.05, 0) is 57.0 Å². The highest BCUT2D eigenvalue weighted by Crippen LogP contribution is 2.33. The van der Waals surface area contributed by atoms with Gasteiger partial charge in [-0.1, -0.05) is 12.1 Å². The van der Waals surface area contributed by atoms with Crippen LogP contribution in [0.4, 0.5) is 5.00 Å². The van der Waals surface area contributed by atoms with E-state index in [2.05, 4.69) is 5.32 Å². The molecule has 0 unspecified atom stereocenters. The van der Waals surface area contributed by atoms with Gasteiger partial charge in [0.2, 0.25) is 0 Å². The molecule has 2 rings (SSSR count). The van der Waals surface area contributed by atoms with E-state index in [9.17, 15) is 19.6 Å². The Morgan fingerprint density at radius 3 is 2.34 bits per heavy atom. The number of anilines is 1. The Kier molecular flexibility index (Phi) is 8.98. The number of hydrogen-bond donors (Lipinski definition) is 1. The van der Waals surface area contributed by atoms with Crippen LogP contribution in [0.15, 0.2) is 29.8 Å². The zero-order valence-electron chi connectivity index (χ0n) is 18.3. The summed E-state index contributed by atoms with van der Waals surface area (Å²) >= 11 is 1.25. The van der Waals surface area contributed by atoms with Crippen molar-refractivity contribution in [1.82, 2.24) is 0 Å². The predicted octanol–water partition coefficient (Wildman–Crippen LogP) is 4.03. The van der Waals surface area contributed by atoms with E-state index >= 15 is 0 Å². The van der Waals surface area contributed by atoms with Crippen molar-refractivity contribution >= 4 is 40.3 Å². The zero-order chi connectivity index (χ0) is 23.7. The average Bonchev–Trinajstić information content (AvgIpc) is 3.04. The Labute approximate surface area is 190 Å². The summed E-state index contributed by atoms with van der Waals surface area (Å²) in [5.41, 5.74) is 1.47. The van der Waals surface area contributed by atoms with Gasteiger partial charge in [-0.25, -0.2) is 9.59 Å². The number of esters is 2. The second-order valence-electron chi connectivity index (χ2n) is 6.49. The van der Waals surface area contributed by atoms with E-state index < -0.39 is 17.8 Å². The quantitative estimate of drug-likeness (QED) is 0.344. The third kappa shape index (κ3) is 6.43. The fourth-order valence-corrected chi connectivity index (χ4v) is 3.70. The van der Waals surface area contributed by atoms with Crippen molar-refractivity contribution < 1.29 is 28.6 Å². The van der Waals surface area contributed by atoms with Gasteiger partial charge in [0.05, 0.1) is 18.8 Å². The maximum absolute atomic E-state index is 12.7. The molecule has 0 saturated carbocycles. The average molecular weight is 457 g/mol. The molecule has 1 N–H and O–H groups in total. The zero-order valence-corrected chi connectivity index (χ0v) is 19.1. The summed E-state index contributed by atoms with van der Waals surface area (Å²) in [6, 6.07) is 8.40. The molecule has 1 heterocycles. The molecular weight excluding hydrogens is 432 g/mol. The maximum atomic E-state index is 12.7. The van der Waals surface area contributed by atoms with Gasteiger partial charge in [-0.2, -0.15) is 5.26 Å². The van der Waals surface area contributed by atoms with Gasteiger partial charge in [0.1, 0.15) is 22.4 Å². The van der Waals surface area contributed by atoms with Crippen molar-refractivity contribution in [2.24, 2.45) is 0 Å². The number of nitriles is 1. The molecule has 0 bridgehead atoms. The molecule has 0 radical (unpaired) electrons. The summed E-state index contributed by atoms with van der Waals surface area (Å²) in [4.78, 5) is 37.2. The van der Waals surface area contributed by atoms with Crippen molar-refractivity contribution in [3.63, 3.8) is 0 Å². The Balaban J connectivity index is 2.15. The lowest BCUT2D eigenvalue weighted by molar-refractivity contribution is -0.145. The van der Waals surface area contributed by atoms with E-state index in [4.69, 9.17) is 14.2 Å². The van der Waals surface area contributed by atoms with Crippen LogP contribution in [-0.2, 0) is 19.1 Å². The number of carbonyl (C=O) groups excluding carboxylic acids is 3. The lowest BCUT2D eigenvalue weighted by atomic mass is 10.1. The summed E-state index contributed by atoms with van der Waals surface area (Å²) in [5, 5.41) is 12.5.